The van der Waals surface area contributed by atoms with Gasteiger partial charge in [-0.25, -0.2) is 4.79 Å². The summed E-state index contributed by atoms with van der Waals surface area (Å²) in [5.41, 5.74) is -0.901. The normalized spacial score (nSPS) is 11.6. The van der Waals surface area contributed by atoms with Gasteiger partial charge in [0, 0.05) is 12.3 Å². The molecule has 0 saturated carbocycles. The summed E-state index contributed by atoms with van der Waals surface area (Å²) in [6, 6.07) is 5.03. The maximum Gasteiger partial charge on any atom is 0.418 e. The molecule has 0 heterocycles. The molecule has 0 amide bonds. The van der Waals surface area contributed by atoms with Crippen molar-refractivity contribution in [1.29, 1.82) is 0 Å². The Hall–Kier alpha value is -1.98. The first-order valence-corrected chi connectivity index (χ1v) is 6.21. The third kappa shape index (κ3) is 5.34. The van der Waals surface area contributed by atoms with Gasteiger partial charge in [0.25, 0.3) is 0 Å². The molecule has 0 saturated heterocycles. The number of rotatable bonds is 6. The molecule has 0 aliphatic rings. The molecule has 0 fully saturated rings. The van der Waals surface area contributed by atoms with E-state index in [4.69, 9.17) is 4.74 Å². The molecule has 0 aromatic heterocycles. The van der Waals surface area contributed by atoms with Crippen LogP contribution in [0.15, 0.2) is 36.5 Å². The average Bonchev–Trinajstić information content (AvgIpc) is 2.38. The van der Waals surface area contributed by atoms with E-state index in [9.17, 15) is 18.0 Å². The highest BCUT2D eigenvalue weighted by atomic mass is 19.4. The summed E-state index contributed by atoms with van der Waals surface area (Å²) < 4.78 is 42.9. The Kier molecular flexibility index (Phi) is 6.09. The number of esters is 1. The number of unbranched alkanes of at least 4 members (excludes halogenated alkanes) is 1. The molecule has 20 heavy (non-hydrogen) atoms. The van der Waals surface area contributed by atoms with Crippen molar-refractivity contribution in [2.75, 3.05) is 11.9 Å². The van der Waals surface area contributed by atoms with Crippen molar-refractivity contribution in [2.24, 2.45) is 0 Å². The van der Waals surface area contributed by atoms with Gasteiger partial charge in [0.1, 0.15) is 0 Å². The highest BCUT2D eigenvalue weighted by molar-refractivity contribution is 5.82. The molecule has 1 N–H and O–H groups in total. The first-order chi connectivity index (χ1) is 9.45. The van der Waals surface area contributed by atoms with Gasteiger partial charge in [-0.1, -0.05) is 25.5 Å². The Morgan fingerprint density at radius 2 is 2.05 bits per heavy atom. The number of ether oxygens (including phenoxy) is 1. The number of benzene rings is 1. The summed E-state index contributed by atoms with van der Waals surface area (Å²) in [7, 11) is 0. The number of para-hydroxylation sites is 1. The molecule has 0 atom stereocenters. The number of hydrogen-bond donors (Lipinski definition) is 1. The number of alkyl halides is 3. The standard InChI is InChI=1S/C14H16F3NO2/c1-2-3-10-20-13(19)8-9-18-12-7-5-4-6-11(12)14(15,16)17/h4-9,18H,2-3,10H2,1H3/b9-8+. The molecule has 3 nitrogen and oxygen atoms in total. The number of carbonyl (C=O) groups excluding carboxylic acids is 1. The largest absolute Gasteiger partial charge is 0.462 e. The highest BCUT2D eigenvalue weighted by Gasteiger charge is 2.32. The maximum absolute atomic E-state index is 12.7. The number of hydrogen-bond acceptors (Lipinski definition) is 3. The van der Waals surface area contributed by atoms with Crippen LogP contribution in [0.25, 0.3) is 0 Å². The van der Waals surface area contributed by atoms with E-state index >= 15 is 0 Å². The average molecular weight is 287 g/mol. The minimum absolute atomic E-state index is 0.113. The number of anilines is 1. The van der Waals surface area contributed by atoms with Crippen LogP contribution in [0.2, 0.25) is 0 Å². The molecular weight excluding hydrogens is 271 g/mol. The molecule has 0 radical (unpaired) electrons. The van der Waals surface area contributed by atoms with Gasteiger partial charge in [0.15, 0.2) is 0 Å². The predicted octanol–water partition coefficient (Wildman–Crippen LogP) is 3.97. The van der Waals surface area contributed by atoms with Gasteiger partial charge in [-0.2, -0.15) is 13.2 Å². The molecule has 0 unspecified atom stereocenters. The lowest BCUT2D eigenvalue weighted by atomic mass is 10.1. The summed E-state index contributed by atoms with van der Waals surface area (Å²) in [6.45, 7) is 2.26. The van der Waals surface area contributed by atoms with Crippen molar-refractivity contribution in [3.05, 3.63) is 42.1 Å². The lowest BCUT2D eigenvalue weighted by molar-refractivity contribution is -0.138. The zero-order valence-corrected chi connectivity index (χ0v) is 11.0. The van der Waals surface area contributed by atoms with Gasteiger partial charge in [-0.05, 0) is 18.6 Å². The summed E-state index contributed by atoms with van der Waals surface area (Å²) in [5.74, 6) is -0.588. The second-order valence-electron chi connectivity index (χ2n) is 4.04. The molecule has 6 heteroatoms. The van der Waals surface area contributed by atoms with Gasteiger partial charge in [0.2, 0.25) is 0 Å². The second kappa shape index (κ2) is 7.57. The fraction of sp³-hybridized carbons (Fsp3) is 0.357. The Morgan fingerprint density at radius 1 is 1.35 bits per heavy atom. The van der Waals surface area contributed by atoms with Crippen LogP contribution in [-0.2, 0) is 15.7 Å². The van der Waals surface area contributed by atoms with E-state index < -0.39 is 17.7 Å². The van der Waals surface area contributed by atoms with Gasteiger partial charge < -0.3 is 10.1 Å². The molecule has 0 aliphatic carbocycles. The summed E-state index contributed by atoms with van der Waals surface area (Å²) in [6.07, 6.45) is -0.598. The minimum atomic E-state index is -4.45. The maximum atomic E-state index is 12.7. The number of nitrogens with one attached hydrogen (secondary N) is 1. The molecule has 0 spiro atoms. The predicted molar refractivity (Wildman–Crippen MR) is 70.1 cm³/mol. The second-order valence-corrected chi connectivity index (χ2v) is 4.04. The van der Waals surface area contributed by atoms with E-state index in [1.54, 1.807) is 0 Å². The molecule has 1 aromatic carbocycles. The quantitative estimate of drug-likeness (QED) is 0.488. The zero-order valence-electron chi connectivity index (χ0n) is 11.0. The van der Waals surface area contributed by atoms with Crippen molar-refractivity contribution in [2.45, 2.75) is 25.9 Å². The van der Waals surface area contributed by atoms with E-state index in [-0.39, 0.29) is 5.69 Å². The minimum Gasteiger partial charge on any atom is -0.462 e. The third-order valence-electron chi connectivity index (χ3n) is 2.43. The SMILES string of the molecule is CCCCOC(=O)/C=C/Nc1ccccc1C(F)(F)F. The Morgan fingerprint density at radius 3 is 2.70 bits per heavy atom. The number of carbonyl (C=O) groups is 1. The van der Waals surface area contributed by atoms with Crippen LogP contribution in [0.1, 0.15) is 25.3 Å². The molecular formula is C14H16F3NO2. The van der Waals surface area contributed by atoms with Gasteiger partial charge in [-0.15, -0.1) is 0 Å². The first kappa shape index (κ1) is 16.1. The Balaban J connectivity index is 2.60. The summed E-state index contributed by atoms with van der Waals surface area (Å²) >= 11 is 0. The summed E-state index contributed by atoms with van der Waals surface area (Å²) in [5, 5.41) is 2.44. The van der Waals surface area contributed by atoms with Crippen molar-refractivity contribution in [3.8, 4) is 0 Å². The van der Waals surface area contributed by atoms with E-state index in [1.165, 1.54) is 18.2 Å². The van der Waals surface area contributed by atoms with Gasteiger partial charge in [-0.3, -0.25) is 0 Å². The van der Waals surface area contributed by atoms with Crippen molar-refractivity contribution in [1.82, 2.24) is 0 Å². The molecule has 110 valence electrons. The van der Waals surface area contributed by atoms with E-state index in [0.29, 0.717) is 6.61 Å². The zero-order chi connectivity index (χ0) is 15.0. The molecule has 0 aliphatic heterocycles. The van der Waals surface area contributed by atoms with Crippen LogP contribution in [0.4, 0.5) is 18.9 Å². The smallest absolute Gasteiger partial charge is 0.418 e. The molecule has 1 rings (SSSR count). The van der Waals surface area contributed by atoms with E-state index in [1.807, 2.05) is 6.92 Å². The fourth-order valence-electron chi connectivity index (χ4n) is 1.42. The number of halogens is 3. The first-order valence-electron chi connectivity index (χ1n) is 6.21. The van der Waals surface area contributed by atoms with Crippen LogP contribution >= 0.6 is 0 Å². The highest BCUT2D eigenvalue weighted by Crippen LogP contribution is 2.34. The van der Waals surface area contributed by atoms with Crippen molar-refractivity contribution in [3.63, 3.8) is 0 Å². The monoisotopic (exact) mass is 287 g/mol. The Labute approximate surface area is 115 Å². The van der Waals surface area contributed by atoms with E-state index in [0.717, 1.165) is 31.2 Å². The van der Waals surface area contributed by atoms with Crippen molar-refractivity contribution >= 4 is 11.7 Å². The van der Waals surface area contributed by atoms with Gasteiger partial charge in [0.05, 0.1) is 17.9 Å². The lowest BCUT2D eigenvalue weighted by Gasteiger charge is -2.11. The summed E-state index contributed by atoms with van der Waals surface area (Å²) in [4.78, 5) is 11.2. The van der Waals surface area contributed by atoms with Crippen LogP contribution in [0.5, 0.6) is 0 Å². The van der Waals surface area contributed by atoms with Crippen LogP contribution in [0.3, 0.4) is 0 Å². The van der Waals surface area contributed by atoms with Crippen LogP contribution < -0.4 is 5.32 Å². The van der Waals surface area contributed by atoms with E-state index in [2.05, 4.69) is 5.32 Å². The topological polar surface area (TPSA) is 38.3 Å². The fourth-order valence-corrected chi connectivity index (χ4v) is 1.42. The van der Waals surface area contributed by atoms with Crippen LogP contribution in [0, 0.1) is 0 Å². The third-order valence-corrected chi connectivity index (χ3v) is 2.43. The van der Waals surface area contributed by atoms with Crippen molar-refractivity contribution < 1.29 is 22.7 Å². The lowest BCUT2D eigenvalue weighted by Crippen LogP contribution is -2.08. The Bertz CT molecular complexity index is 470. The molecule has 0 bridgehead atoms. The van der Waals surface area contributed by atoms with Gasteiger partial charge >= 0.3 is 12.1 Å². The van der Waals surface area contributed by atoms with Crippen LogP contribution in [-0.4, -0.2) is 12.6 Å². The molecule has 1 aromatic rings.